The minimum Gasteiger partial charge on any atom is -0.377 e. The summed E-state index contributed by atoms with van der Waals surface area (Å²) in [6.45, 7) is 6.52. The number of thiophene rings is 1. The molecule has 0 aliphatic rings. The molecule has 1 aromatic carbocycles. The molecule has 0 saturated heterocycles. The Kier molecular flexibility index (Phi) is 6.23. The first-order valence-corrected chi connectivity index (χ1v) is 8.44. The fourth-order valence-corrected chi connectivity index (χ4v) is 3.46. The van der Waals surface area contributed by atoms with Gasteiger partial charge in [0.1, 0.15) is 0 Å². The number of ether oxygens (including phenoxy) is 1. The average molecular weight is 354 g/mol. The van der Waals surface area contributed by atoms with E-state index >= 15 is 0 Å². The van der Waals surface area contributed by atoms with Gasteiger partial charge >= 0.3 is 0 Å². The maximum Gasteiger partial charge on any atom is 0.0719 e. The summed E-state index contributed by atoms with van der Waals surface area (Å²) in [4.78, 5) is 1.35. The van der Waals surface area contributed by atoms with Gasteiger partial charge in [0, 0.05) is 24.1 Å². The smallest absolute Gasteiger partial charge is 0.0719 e. The van der Waals surface area contributed by atoms with Crippen LogP contribution in [0.3, 0.4) is 0 Å². The molecule has 108 valence electrons. The zero-order chi connectivity index (χ0) is 14.4. The van der Waals surface area contributed by atoms with Crippen LogP contribution in [0.1, 0.15) is 35.9 Å². The second-order valence-electron chi connectivity index (χ2n) is 4.65. The third kappa shape index (κ3) is 4.42. The summed E-state index contributed by atoms with van der Waals surface area (Å²) in [6.07, 6.45) is 0. The highest BCUT2D eigenvalue weighted by Gasteiger charge is 2.09. The Hall–Kier alpha value is -0.680. The zero-order valence-corrected chi connectivity index (χ0v) is 14.3. The molecule has 2 nitrogen and oxygen atoms in total. The van der Waals surface area contributed by atoms with E-state index in [-0.39, 0.29) is 0 Å². The lowest BCUT2D eigenvalue weighted by Crippen LogP contribution is -2.18. The van der Waals surface area contributed by atoms with Crippen LogP contribution < -0.4 is 5.32 Å². The van der Waals surface area contributed by atoms with Crippen LogP contribution in [0.4, 0.5) is 0 Å². The van der Waals surface area contributed by atoms with Crippen molar-refractivity contribution in [3.05, 3.63) is 56.2 Å². The van der Waals surface area contributed by atoms with Crippen LogP contribution in [0.2, 0.25) is 0 Å². The molecular weight excluding hydrogens is 334 g/mol. The monoisotopic (exact) mass is 353 g/mol. The van der Waals surface area contributed by atoms with Crippen molar-refractivity contribution < 1.29 is 4.74 Å². The predicted molar refractivity (Wildman–Crippen MR) is 89.0 cm³/mol. The van der Waals surface area contributed by atoms with Crippen molar-refractivity contribution in [2.45, 2.75) is 33.0 Å². The molecule has 0 amide bonds. The molecule has 0 bridgehead atoms. The van der Waals surface area contributed by atoms with Gasteiger partial charge in [-0.3, -0.25) is 0 Å². The van der Waals surface area contributed by atoms with Gasteiger partial charge in [-0.05, 0) is 53.0 Å². The van der Waals surface area contributed by atoms with Gasteiger partial charge in [0.15, 0.2) is 0 Å². The van der Waals surface area contributed by atoms with Crippen molar-refractivity contribution in [1.82, 2.24) is 5.32 Å². The molecule has 0 aliphatic heterocycles. The summed E-state index contributed by atoms with van der Waals surface area (Å²) in [5.74, 6) is 0. The van der Waals surface area contributed by atoms with E-state index in [4.69, 9.17) is 4.74 Å². The maximum atomic E-state index is 5.52. The number of halogens is 1. The van der Waals surface area contributed by atoms with Gasteiger partial charge in [0.2, 0.25) is 0 Å². The minimum absolute atomic E-state index is 0.353. The average Bonchev–Trinajstić information content (AvgIpc) is 2.90. The first-order chi connectivity index (χ1) is 9.70. The highest BCUT2D eigenvalue weighted by molar-refractivity contribution is 9.11. The first kappa shape index (κ1) is 15.7. The molecule has 2 aromatic rings. The largest absolute Gasteiger partial charge is 0.377 e. The van der Waals surface area contributed by atoms with Crippen molar-refractivity contribution in [2.24, 2.45) is 0 Å². The van der Waals surface area contributed by atoms with E-state index in [1.54, 1.807) is 11.3 Å². The topological polar surface area (TPSA) is 21.3 Å². The highest BCUT2D eigenvalue weighted by Crippen LogP contribution is 2.27. The second-order valence-corrected chi connectivity index (χ2v) is 7.14. The van der Waals surface area contributed by atoms with E-state index in [1.807, 2.05) is 6.92 Å². The molecule has 1 atom stereocenters. The third-order valence-corrected chi connectivity index (χ3v) is 5.01. The van der Waals surface area contributed by atoms with Crippen LogP contribution in [0.25, 0.3) is 0 Å². The van der Waals surface area contributed by atoms with Crippen molar-refractivity contribution in [2.75, 3.05) is 6.61 Å². The number of hydrogen-bond acceptors (Lipinski definition) is 3. The van der Waals surface area contributed by atoms with Crippen molar-refractivity contribution in [3.8, 4) is 0 Å². The quantitative estimate of drug-likeness (QED) is 0.764. The molecule has 1 heterocycles. The zero-order valence-electron chi connectivity index (χ0n) is 11.9. The van der Waals surface area contributed by atoms with E-state index in [9.17, 15) is 0 Å². The Morgan fingerprint density at radius 2 is 1.95 bits per heavy atom. The molecule has 1 N–H and O–H groups in total. The standard InChI is InChI=1S/C16H20BrNOS/c1-3-19-11-14-7-5-4-6-13(14)10-18-12(2)15-8-9-16(17)20-15/h4-9,12,18H,3,10-11H2,1-2H3. The summed E-state index contributed by atoms with van der Waals surface area (Å²) in [5, 5.41) is 3.58. The molecule has 0 fully saturated rings. The van der Waals surface area contributed by atoms with Crippen LogP contribution in [-0.2, 0) is 17.9 Å². The summed E-state index contributed by atoms with van der Waals surface area (Å²) in [5.41, 5.74) is 2.57. The van der Waals surface area contributed by atoms with Crippen molar-refractivity contribution in [3.63, 3.8) is 0 Å². The molecule has 0 aliphatic carbocycles. The van der Waals surface area contributed by atoms with Gasteiger partial charge < -0.3 is 10.1 Å². The van der Waals surface area contributed by atoms with Gasteiger partial charge in [-0.1, -0.05) is 24.3 Å². The van der Waals surface area contributed by atoms with Crippen molar-refractivity contribution in [1.29, 1.82) is 0 Å². The Labute approximate surface area is 133 Å². The maximum absolute atomic E-state index is 5.52. The number of benzene rings is 1. The van der Waals surface area contributed by atoms with E-state index in [2.05, 4.69) is 64.6 Å². The summed E-state index contributed by atoms with van der Waals surface area (Å²) < 4.78 is 6.70. The van der Waals surface area contributed by atoms with Gasteiger partial charge in [-0.25, -0.2) is 0 Å². The Bertz CT molecular complexity index is 541. The number of rotatable bonds is 7. The molecule has 1 aromatic heterocycles. The minimum atomic E-state index is 0.353. The van der Waals surface area contributed by atoms with Crippen LogP contribution in [0, 0.1) is 0 Å². The van der Waals surface area contributed by atoms with E-state index in [1.165, 1.54) is 19.8 Å². The summed E-state index contributed by atoms with van der Waals surface area (Å²) in [6, 6.07) is 13.1. The fraction of sp³-hybridized carbons (Fsp3) is 0.375. The highest BCUT2D eigenvalue weighted by atomic mass is 79.9. The molecular formula is C16H20BrNOS. The van der Waals surface area contributed by atoms with Gasteiger partial charge in [-0.15, -0.1) is 11.3 Å². The molecule has 4 heteroatoms. The SMILES string of the molecule is CCOCc1ccccc1CNC(C)c1ccc(Br)s1. The molecule has 0 radical (unpaired) electrons. The molecule has 20 heavy (non-hydrogen) atoms. The second kappa shape index (κ2) is 7.93. The van der Waals surface area contributed by atoms with Gasteiger partial charge in [0.25, 0.3) is 0 Å². The molecule has 1 unspecified atom stereocenters. The van der Waals surface area contributed by atoms with Crippen LogP contribution in [-0.4, -0.2) is 6.61 Å². The fourth-order valence-electron chi connectivity index (χ4n) is 2.01. The third-order valence-electron chi connectivity index (χ3n) is 3.20. The van der Waals surface area contributed by atoms with Crippen LogP contribution in [0.15, 0.2) is 40.2 Å². The number of nitrogens with one attached hydrogen (secondary N) is 1. The molecule has 2 rings (SSSR count). The van der Waals surface area contributed by atoms with Crippen LogP contribution in [0.5, 0.6) is 0 Å². The van der Waals surface area contributed by atoms with Crippen LogP contribution >= 0.6 is 27.3 Å². The molecule has 0 saturated carbocycles. The lowest BCUT2D eigenvalue weighted by Gasteiger charge is -2.14. The lowest BCUT2D eigenvalue weighted by atomic mass is 10.1. The van der Waals surface area contributed by atoms with Gasteiger partial charge in [-0.2, -0.15) is 0 Å². The normalized spacial score (nSPS) is 12.6. The summed E-state index contributed by atoms with van der Waals surface area (Å²) in [7, 11) is 0. The van der Waals surface area contributed by atoms with Crippen molar-refractivity contribution >= 4 is 27.3 Å². The Morgan fingerprint density at radius 1 is 1.20 bits per heavy atom. The Morgan fingerprint density at radius 3 is 2.60 bits per heavy atom. The van der Waals surface area contributed by atoms with Gasteiger partial charge in [0.05, 0.1) is 10.4 Å². The summed E-state index contributed by atoms with van der Waals surface area (Å²) >= 11 is 5.29. The first-order valence-electron chi connectivity index (χ1n) is 6.84. The number of hydrogen-bond donors (Lipinski definition) is 1. The Balaban J connectivity index is 1.96. The molecule has 0 spiro atoms. The predicted octanol–water partition coefficient (Wildman–Crippen LogP) is 4.90. The van der Waals surface area contributed by atoms with E-state index in [0.29, 0.717) is 12.6 Å². The van der Waals surface area contributed by atoms with E-state index in [0.717, 1.165) is 13.2 Å². The van der Waals surface area contributed by atoms with E-state index < -0.39 is 0 Å². The lowest BCUT2D eigenvalue weighted by molar-refractivity contribution is 0.133.